The Labute approximate surface area is 202 Å². The molecule has 0 atom stereocenters. The van der Waals surface area contributed by atoms with Crippen LogP contribution in [-0.2, 0) is 22.4 Å². The second-order valence-electron chi connectivity index (χ2n) is 9.02. The van der Waals surface area contributed by atoms with E-state index >= 15 is 0 Å². The molecule has 1 aliphatic rings. The van der Waals surface area contributed by atoms with E-state index in [1.165, 1.54) is 12.1 Å². The van der Waals surface area contributed by atoms with Crippen molar-refractivity contribution in [3.63, 3.8) is 0 Å². The summed E-state index contributed by atoms with van der Waals surface area (Å²) in [5, 5.41) is 0. The third-order valence-electron chi connectivity index (χ3n) is 6.52. The molecule has 5 rings (SSSR count). The van der Waals surface area contributed by atoms with Crippen molar-refractivity contribution in [2.45, 2.75) is 32.6 Å². The Hall–Kier alpha value is -4.13. The van der Waals surface area contributed by atoms with Gasteiger partial charge in [0.1, 0.15) is 22.9 Å². The van der Waals surface area contributed by atoms with Crippen molar-refractivity contribution in [3.8, 4) is 11.5 Å². The smallest absolute Gasteiger partial charge is 0.156 e. The molecular formula is C28H24FN3O3. The predicted molar refractivity (Wildman–Crippen MR) is 131 cm³/mol. The molecule has 0 aliphatic heterocycles. The molecule has 35 heavy (non-hydrogen) atoms. The van der Waals surface area contributed by atoms with E-state index in [1.54, 1.807) is 36.5 Å². The third-order valence-corrected chi connectivity index (χ3v) is 6.52. The Morgan fingerprint density at radius 2 is 1.57 bits per heavy atom. The number of benzene rings is 2. The van der Waals surface area contributed by atoms with Gasteiger partial charge in [0.2, 0.25) is 0 Å². The second-order valence-corrected chi connectivity index (χ2v) is 9.02. The van der Waals surface area contributed by atoms with Gasteiger partial charge in [-0.2, -0.15) is 0 Å². The van der Waals surface area contributed by atoms with Crippen molar-refractivity contribution in [3.05, 3.63) is 89.4 Å². The highest BCUT2D eigenvalue weighted by Crippen LogP contribution is 2.48. The van der Waals surface area contributed by atoms with Crippen molar-refractivity contribution in [1.29, 1.82) is 0 Å². The number of carbonyl (C=O) groups excluding carboxylic acids is 2. The van der Waals surface area contributed by atoms with E-state index in [0.717, 1.165) is 11.1 Å². The monoisotopic (exact) mass is 469 g/mol. The number of hydrogen-bond donors (Lipinski definition) is 1. The number of Topliss-reactive ketones (excluding diaryl/α,β-unsaturated/α-hetero) is 2. The normalized spacial score (nSPS) is 14.0. The maximum atomic E-state index is 13.1. The first-order chi connectivity index (χ1) is 16.8. The van der Waals surface area contributed by atoms with E-state index in [1.807, 2.05) is 25.1 Å². The second kappa shape index (κ2) is 8.91. The largest absolute Gasteiger partial charge is 0.455 e. The number of rotatable bonds is 8. The Balaban J connectivity index is 1.26. The summed E-state index contributed by atoms with van der Waals surface area (Å²) >= 11 is 0. The van der Waals surface area contributed by atoms with E-state index in [2.05, 4.69) is 9.97 Å². The van der Waals surface area contributed by atoms with Crippen LogP contribution in [0.3, 0.4) is 0 Å². The number of anilines is 1. The van der Waals surface area contributed by atoms with Gasteiger partial charge in [0.15, 0.2) is 17.3 Å². The van der Waals surface area contributed by atoms with Gasteiger partial charge in [-0.05, 0) is 66.8 Å². The highest BCUT2D eigenvalue weighted by Gasteiger charge is 2.54. The van der Waals surface area contributed by atoms with Crippen LogP contribution in [0.1, 0.15) is 29.5 Å². The van der Waals surface area contributed by atoms with Crippen LogP contribution in [0.25, 0.3) is 11.0 Å². The van der Waals surface area contributed by atoms with E-state index in [9.17, 15) is 14.0 Å². The van der Waals surface area contributed by atoms with Crippen LogP contribution < -0.4 is 10.5 Å². The molecule has 2 aromatic heterocycles. The van der Waals surface area contributed by atoms with Gasteiger partial charge in [0.25, 0.3) is 0 Å². The van der Waals surface area contributed by atoms with Gasteiger partial charge in [-0.3, -0.25) is 14.6 Å². The minimum Gasteiger partial charge on any atom is -0.455 e. The fourth-order valence-corrected chi connectivity index (χ4v) is 4.19. The number of aromatic nitrogens is 2. The van der Waals surface area contributed by atoms with E-state index in [4.69, 9.17) is 10.5 Å². The van der Waals surface area contributed by atoms with Crippen LogP contribution in [0.5, 0.6) is 11.5 Å². The minimum atomic E-state index is -0.913. The number of ketones is 2. The molecule has 176 valence electrons. The van der Waals surface area contributed by atoms with Gasteiger partial charge < -0.3 is 10.5 Å². The Morgan fingerprint density at radius 3 is 2.17 bits per heavy atom. The molecule has 0 amide bonds. The van der Waals surface area contributed by atoms with Crippen molar-refractivity contribution in [1.82, 2.24) is 9.97 Å². The zero-order chi connectivity index (χ0) is 24.6. The van der Waals surface area contributed by atoms with Gasteiger partial charge in [0.05, 0.1) is 10.9 Å². The lowest BCUT2D eigenvalue weighted by Crippen LogP contribution is -2.28. The maximum absolute atomic E-state index is 13.1. The SMILES string of the molecule is Cc1cc2nccc(Oc3ccc(CC(=O)C4(C(=O)Cc5ccc(F)cc5)CC4)cc3)c2nc1N. The van der Waals surface area contributed by atoms with E-state index in [0.29, 0.717) is 46.8 Å². The maximum Gasteiger partial charge on any atom is 0.156 e. The van der Waals surface area contributed by atoms with Crippen LogP contribution in [0.15, 0.2) is 66.9 Å². The average Bonchev–Trinajstić information content (AvgIpc) is 3.65. The number of nitrogens with two attached hydrogens (primary N) is 1. The highest BCUT2D eigenvalue weighted by atomic mass is 19.1. The predicted octanol–water partition coefficient (Wildman–Crippen LogP) is 5.16. The van der Waals surface area contributed by atoms with Gasteiger partial charge in [0, 0.05) is 25.1 Å². The number of hydrogen-bond acceptors (Lipinski definition) is 6. The zero-order valence-electron chi connectivity index (χ0n) is 19.3. The molecule has 0 bridgehead atoms. The van der Waals surface area contributed by atoms with E-state index < -0.39 is 5.41 Å². The van der Waals surface area contributed by atoms with Crippen LogP contribution in [0.4, 0.5) is 10.2 Å². The molecule has 1 fully saturated rings. The van der Waals surface area contributed by atoms with Crippen molar-refractivity contribution >= 4 is 28.4 Å². The molecule has 2 aromatic carbocycles. The van der Waals surface area contributed by atoms with Gasteiger partial charge in [-0.25, -0.2) is 9.37 Å². The first-order valence-electron chi connectivity index (χ1n) is 11.4. The van der Waals surface area contributed by atoms with Crippen molar-refractivity contribution < 1.29 is 18.7 Å². The molecular weight excluding hydrogens is 445 g/mol. The van der Waals surface area contributed by atoms with Crippen LogP contribution >= 0.6 is 0 Å². The fourth-order valence-electron chi connectivity index (χ4n) is 4.19. The Bertz CT molecular complexity index is 1430. The topological polar surface area (TPSA) is 95.2 Å². The lowest BCUT2D eigenvalue weighted by atomic mass is 9.88. The molecule has 0 spiro atoms. The summed E-state index contributed by atoms with van der Waals surface area (Å²) in [5.74, 6) is 1.02. The first-order valence-corrected chi connectivity index (χ1v) is 11.4. The summed E-state index contributed by atoms with van der Waals surface area (Å²) in [6, 6.07) is 16.6. The van der Waals surface area contributed by atoms with E-state index in [-0.39, 0.29) is 30.2 Å². The fraction of sp³-hybridized carbons (Fsp3) is 0.214. The zero-order valence-corrected chi connectivity index (χ0v) is 19.3. The van der Waals surface area contributed by atoms with Gasteiger partial charge in [-0.1, -0.05) is 24.3 Å². The highest BCUT2D eigenvalue weighted by molar-refractivity contribution is 6.10. The van der Waals surface area contributed by atoms with Crippen LogP contribution in [0, 0.1) is 18.2 Å². The summed E-state index contributed by atoms with van der Waals surface area (Å²) in [4.78, 5) is 34.6. The molecule has 7 heteroatoms. The molecule has 0 radical (unpaired) electrons. The molecule has 2 heterocycles. The lowest BCUT2D eigenvalue weighted by Gasteiger charge is -2.14. The number of aryl methyl sites for hydroxylation is 1. The first kappa shape index (κ1) is 22.7. The number of pyridine rings is 2. The number of ether oxygens (including phenoxy) is 1. The number of fused-ring (bicyclic) bond motifs is 1. The molecule has 0 unspecified atom stereocenters. The molecule has 2 N–H and O–H groups in total. The molecule has 1 aliphatic carbocycles. The molecule has 6 nitrogen and oxygen atoms in total. The Kier molecular flexibility index (Phi) is 5.76. The summed E-state index contributed by atoms with van der Waals surface area (Å²) in [6.45, 7) is 1.87. The summed E-state index contributed by atoms with van der Waals surface area (Å²) < 4.78 is 19.1. The summed E-state index contributed by atoms with van der Waals surface area (Å²) in [5.41, 5.74) is 8.68. The number of nitrogens with zero attached hydrogens (tertiary/aromatic N) is 2. The number of carbonyl (C=O) groups is 2. The average molecular weight is 470 g/mol. The van der Waals surface area contributed by atoms with Crippen molar-refractivity contribution in [2.75, 3.05) is 5.73 Å². The lowest BCUT2D eigenvalue weighted by molar-refractivity contribution is -0.133. The summed E-state index contributed by atoms with van der Waals surface area (Å²) in [6.07, 6.45) is 3.09. The quantitative estimate of drug-likeness (QED) is 0.358. The molecule has 1 saturated carbocycles. The minimum absolute atomic E-state index is 0.0755. The molecule has 0 saturated heterocycles. The van der Waals surface area contributed by atoms with Crippen LogP contribution in [-0.4, -0.2) is 21.5 Å². The standard InChI is InChI=1S/C28H24FN3O3/c1-17-14-22-26(32-27(17)30)23(10-13-31-22)35-21-8-4-19(5-9-21)16-25(34)28(11-12-28)24(33)15-18-2-6-20(29)7-3-18/h2-10,13-14H,11-12,15-16H2,1H3,(H2,30,32). The van der Waals surface area contributed by atoms with Gasteiger partial charge >= 0.3 is 0 Å². The molecule has 4 aromatic rings. The van der Waals surface area contributed by atoms with Crippen LogP contribution in [0.2, 0.25) is 0 Å². The number of nitrogen functional groups attached to an aromatic ring is 1. The summed E-state index contributed by atoms with van der Waals surface area (Å²) in [7, 11) is 0. The van der Waals surface area contributed by atoms with Gasteiger partial charge in [-0.15, -0.1) is 0 Å². The Morgan fingerprint density at radius 1 is 0.971 bits per heavy atom. The third kappa shape index (κ3) is 4.62. The van der Waals surface area contributed by atoms with Crippen molar-refractivity contribution in [2.24, 2.45) is 5.41 Å². The number of halogens is 1.